The van der Waals surface area contributed by atoms with Gasteiger partial charge in [0.05, 0.1) is 39.5 Å². The maximum Gasteiger partial charge on any atom is 0.248 e. The summed E-state index contributed by atoms with van der Waals surface area (Å²) in [6.45, 7) is 5.75. The van der Waals surface area contributed by atoms with Crippen molar-refractivity contribution in [1.29, 1.82) is 0 Å². The van der Waals surface area contributed by atoms with Gasteiger partial charge < -0.3 is 30.2 Å². The number of alkyl halides is 2. The van der Waals surface area contributed by atoms with Crippen molar-refractivity contribution in [2.75, 3.05) is 46.6 Å². The first-order valence-electron chi connectivity index (χ1n) is 15.3. The van der Waals surface area contributed by atoms with Gasteiger partial charge in [0.1, 0.15) is 23.4 Å². The summed E-state index contributed by atoms with van der Waals surface area (Å²) in [7, 11) is 1.56. The van der Waals surface area contributed by atoms with Gasteiger partial charge in [-0.25, -0.2) is 8.78 Å². The molecule has 250 valence electrons. The molecule has 3 fully saturated rings. The van der Waals surface area contributed by atoms with Gasteiger partial charge in [0.2, 0.25) is 23.6 Å². The summed E-state index contributed by atoms with van der Waals surface area (Å²) in [5.41, 5.74) is -0.176. The van der Waals surface area contributed by atoms with Crippen LogP contribution in [0.25, 0.3) is 0 Å². The van der Waals surface area contributed by atoms with Crippen molar-refractivity contribution in [3.05, 3.63) is 29.8 Å². The average molecular weight is 629 g/mol. The van der Waals surface area contributed by atoms with Crippen LogP contribution in [0.3, 0.4) is 0 Å². The molecule has 11 nitrogen and oxygen atoms in total. The first kappa shape index (κ1) is 33.7. The zero-order chi connectivity index (χ0) is 31.9. The van der Waals surface area contributed by atoms with E-state index in [9.17, 15) is 28.0 Å². The van der Waals surface area contributed by atoms with Crippen molar-refractivity contribution in [2.24, 2.45) is 5.92 Å². The summed E-state index contributed by atoms with van der Waals surface area (Å²) in [4.78, 5) is 54.7. The van der Waals surface area contributed by atoms with Crippen LogP contribution in [0, 0.1) is 5.92 Å². The minimum absolute atomic E-state index is 0. The first-order chi connectivity index (χ1) is 20.9. The Morgan fingerprint density at radius 1 is 1.07 bits per heavy atom. The molecule has 44 heavy (non-hydrogen) atoms. The SMILES string of the molecule is COc1ccc(CC[C@H](NC(=O)[C@H](C)NC(=O)CN2CCOCC2)C(=O)N[C@@H](C[C@@H]2CCC(F)(F)C2)C(=O)[C@@]2(C)CO2)cc1.[HH].[HH].[HH]. The second kappa shape index (κ2) is 14.7. The van der Waals surface area contributed by atoms with Crippen LogP contribution in [0.4, 0.5) is 8.78 Å². The van der Waals surface area contributed by atoms with Crippen LogP contribution in [-0.4, -0.2) is 105 Å². The summed E-state index contributed by atoms with van der Waals surface area (Å²) in [5.74, 6) is -4.42. The molecule has 1 saturated carbocycles. The van der Waals surface area contributed by atoms with Crippen molar-refractivity contribution >= 4 is 23.5 Å². The highest BCUT2D eigenvalue weighted by Crippen LogP contribution is 2.41. The number of nitrogens with one attached hydrogen (secondary N) is 3. The van der Waals surface area contributed by atoms with Gasteiger partial charge in [0, 0.05) is 30.2 Å². The third-order valence-corrected chi connectivity index (χ3v) is 8.56. The summed E-state index contributed by atoms with van der Waals surface area (Å²) in [5, 5.41) is 8.17. The van der Waals surface area contributed by atoms with Crippen LogP contribution < -0.4 is 20.7 Å². The summed E-state index contributed by atoms with van der Waals surface area (Å²) in [6.07, 6.45) is 0.318. The summed E-state index contributed by atoms with van der Waals surface area (Å²) >= 11 is 0. The van der Waals surface area contributed by atoms with E-state index in [0.29, 0.717) is 38.5 Å². The molecule has 0 bridgehead atoms. The number of hydrogen-bond donors (Lipinski definition) is 3. The van der Waals surface area contributed by atoms with Gasteiger partial charge in [-0.15, -0.1) is 0 Å². The van der Waals surface area contributed by atoms with Gasteiger partial charge in [-0.05, 0) is 63.1 Å². The molecule has 5 atom stereocenters. The van der Waals surface area contributed by atoms with Gasteiger partial charge in [-0.1, -0.05) is 12.1 Å². The monoisotopic (exact) mass is 628 g/mol. The molecular formula is C31H50F2N4O7. The number of amides is 3. The zero-order valence-electron chi connectivity index (χ0n) is 25.7. The number of nitrogens with zero attached hydrogens (tertiary/aromatic N) is 1. The normalized spacial score (nSPS) is 24.9. The van der Waals surface area contributed by atoms with Gasteiger partial charge in [0.25, 0.3) is 0 Å². The van der Waals surface area contributed by atoms with E-state index < -0.39 is 47.4 Å². The molecule has 0 aromatic heterocycles. The number of rotatable bonds is 15. The second-order valence-electron chi connectivity index (χ2n) is 12.3. The second-order valence-corrected chi connectivity index (χ2v) is 12.3. The number of ether oxygens (including phenoxy) is 3. The predicted octanol–water partition coefficient (Wildman–Crippen LogP) is 2.36. The molecule has 2 saturated heterocycles. The molecule has 1 aliphatic carbocycles. The summed E-state index contributed by atoms with van der Waals surface area (Å²) < 4.78 is 43.7. The lowest BCUT2D eigenvalue weighted by atomic mass is 9.90. The number of ketones is 1. The Morgan fingerprint density at radius 2 is 1.73 bits per heavy atom. The number of Topliss-reactive ketones (excluding diaryl/α,β-unsaturated/α-hetero) is 1. The lowest BCUT2D eigenvalue weighted by molar-refractivity contribution is -0.134. The van der Waals surface area contributed by atoms with Crippen LogP contribution in [0.5, 0.6) is 5.75 Å². The molecule has 1 aromatic rings. The number of halogens is 2. The molecule has 13 heteroatoms. The van der Waals surface area contributed by atoms with Crippen molar-refractivity contribution in [2.45, 2.75) is 82.0 Å². The minimum Gasteiger partial charge on any atom is -0.497 e. The first-order valence-corrected chi connectivity index (χ1v) is 15.3. The quantitative estimate of drug-likeness (QED) is 0.252. The Hall–Kier alpha value is -3.16. The van der Waals surface area contributed by atoms with Crippen LogP contribution in [0.15, 0.2) is 24.3 Å². The van der Waals surface area contributed by atoms with Gasteiger partial charge >= 0.3 is 0 Å². The zero-order valence-corrected chi connectivity index (χ0v) is 25.7. The Balaban J connectivity index is 0.00000368. The molecule has 3 aliphatic rings. The van der Waals surface area contributed by atoms with Gasteiger partial charge in [-0.3, -0.25) is 24.1 Å². The molecule has 0 spiro atoms. The van der Waals surface area contributed by atoms with E-state index in [-0.39, 0.29) is 61.2 Å². The largest absolute Gasteiger partial charge is 0.497 e. The third-order valence-electron chi connectivity index (χ3n) is 8.56. The van der Waals surface area contributed by atoms with Crippen molar-refractivity contribution in [3.8, 4) is 5.75 Å². The molecule has 0 unspecified atom stereocenters. The fourth-order valence-corrected chi connectivity index (χ4v) is 5.68. The number of benzene rings is 1. The molecule has 3 amide bonds. The topological polar surface area (TPSA) is 139 Å². The molecular weight excluding hydrogens is 578 g/mol. The standard InChI is InChI=1S/C31H44F2N4O7.3H2/c1-20(34-26(38)18-37-12-14-43-15-13-37)28(40)35-24(9-6-21-4-7-23(42-3)8-5-21)29(41)36-25(27(39)30(2)19-44-30)16-22-10-11-31(32,33)17-22;;;/h4-5,7-8,20,22,24-25H,6,9-19H2,1-3H3,(H,34,38)(H,35,40)(H,36,41);3*1H/t20-,22-,24-,25-,30+;;;/m0.../s1. The highest BCUT2D eigenvalue weighted by atomic mass is 19.3. The Kier molecular flexibility index (Phi) is 11.3. The molecule has 2 heterocycles. The van der Waals surface area contributed by atoms with Crippen LogP contribution in [0.2, 0.25) is 0 Å². The van der Waals surface area contributed by atoms with E-state index >= 15 is 0 Å². The van der Waals surface area contributed by atoms with Crippen LogP contribution >= 0.6 is 0 Å². The molecule has 3 N–H and O–H groups in total. The van der Waals surface area contributed by atoms with E-state index in [1.165, 1.54) is 6.92 Å². The van der Waals surface area contributed by atoms with E-state index in [4.69, 9.17) is 14.2 Å². The van der Waals surface area contributed by atoms with E-state index in [0.717, 1.165) is 5.56 Å². The Bertz CT molecular complexity index is 1190. The molecule has 0 radical (unpaired) electrons. The lowest BCUT2D eigenvalue weighted by Crippen LogP contribution is -2.57. The predicted molar refractivity (Wildman–Crippen MR) is 163 cm³/mol. The fraction of sp³-hybridized carbons (Fsp3) is 0.677. The average Bonchev–Trinajstić information content (AvgIpc) is 3.66. The van der Waals surface area contributed by atoms with E-state index in [1.807, 2.05) is 17.0 Å². The van der Waals surface area contributed by atoms with Gasteiger partial charge in [0.15, 0.2) is 5.78 Å². The Labute approximate surface area is 261 Å². The third kappa shape index (κ3) is 9.67. The molecule has 1 aromatic carbocycles. The smallest absolute Gasteiger partial charge is 0.248 e. The van der Waals surface area contributed by atoms with Crippen LogP contribution in [0.1, 0.15) is 55.8 Å². The number of carbonyl (C=O) groups excluding carboxylic acids is 4. The van der Waals surface area contributed by atoms with Crippen molar-refractivity contribution in [1.82, 2.24) is 20.9 Å². The van der Waals surface area contributed by atoms with Crippen molar-refractivity contribution in [3.63, 3.8) is 0 Å². The number of carbonyl (C=O) groups is 4. The number of morpholine rings is 1. The maximum absolute atomic E-state index is 13.9. The van der Waals surface area contributed by atoms with E-state index in [1.54, 1.807) is 26.2 Å². The fourth-order valence-electron chi connectivity index (χ4n) is 5.68. The highest BCUT2D eigenvalue weighted by molar-refractivity contribution is 5.98. The van der Waals surface area contributed by atoms with Gasteiger partial charge in [-0.2, -0.15) is 0 Å². The minimum atomic E-state index is -2.79. The molecule has 4 rings (SSSR count). The molecule has 2 aliphatic heterocycles. The number of epoxide rings is 1. The van der Waals surface area contributed by atoms with E-state index in [2.05, 4.69) is 16.0 Å². The number of aryl methyl sites for hydroxylation is 1. The lowest BCUT2D eigenvalue weighted by Gasteiger charge is -2.27. The number of hydrogen-bond acceptors (Lipinski definition) is 8. The number of methoxy groups -OCH3 is 1. The Morgan fingerprint density at radius 3 is 2.32 bits per heavy atom. The van der Waals surface area contributed by atoms with Crippen LogP contribution in [-0.2, 0) is 35.1 Å². The summed E-state index contributed by atoms with van der Waals surface area (Å²) in [6, 6.07) is 4.24. The van der Waals surface area contributed by atoms with Crippen molar-refractivity contribution < 1.29 is 46.4 Å². The maximum atomic E-state index is 13.9. The highest BCUT2D eigenvalue weighted by Gasteiger charge is 2.51.